The van der Waals surface area contributed by atoms with Gasteiger partial charge in [0.25, 0.3) is 0 Å². The topological polar surface area (TPSA) is 72.2 Å². The summed E-state index contributed by atoms with van der Waals surface area (Å²) in [6, 6.07) is 5.30. The molecular weight excluding hydrogens is 284 g/mol. The molecule has 0 radical (unpaired) electrons. The number of nitrogens with one attached hydrogen (secondary N) is 1. The largest absolute Gasteiger partial charge is 0.352 e. The maximum absolute atomic E-state index is 11.2. The Morgan fingerprint density at radius 1 is 1.47 bits per heavy atom. The Hall–Kier alpha value is -1.36. The van der Waals surface area contributed by atoms with Crippen LogP contribution >= 0.6 is 15.9 Å². The quantitative estimate of drug-likeness (QED) is 0.813. The summed E-state index contributed by atoms with van der Waals surface area (Å²) in [5.41, 5.74) is 6.57. The molecule has 2 amide bonds. The number of urea groups is 1. The van der Waals surface area contributed by atoms with E-state index in [4.69, 9.17) is 5.73 Å². The van der Waals surface area contributed by atoms with Crippen molar-refractivity contribution in [1.29, 1.82) is 0 Å². The van der Waals surface area contributed by atoms with Crippen molar-refractivity contribution in [3.05, 3.63) is 33.8 Å². The average molecular weight is 297 g/mol. The number of benzene rings is 1. The maximum Gasteiger partial charge on any atom is 0.312 e. The summed E-state index contributed by atoms with van der Waals surface area (Å²) in [5, 5.41) is 2.56. The van der Waals surface area contributed by atoms with Crippen molar-refractivity contribution >= 4 is 28.2 Å². The predicted molar refractivity (Wildman–Crippen MR) is 67.7 cm³/mol. The van der Waals surface area contributed by atoms with E-state index in [1.165, 1.54) is 5.56 Å². The fourth-order valence-corrected chi connectivity index (χ4v) is 2.68. The first-order chi connectivity index (χ1) is 8.04. The molecule has 1 aromatic carbocycles. The molecule has 1 aliphatic rings. The second-order valence-corrected chi connectivity index (χ2v) is 5.27. The number of carbonyl (C=O) groups excluding carboxylic acids is 2. The Labute approximate surface area is 108 Å². The van der Waals surface area contributed by atoms with Crippen molar-refractivity contribution in [2.75, 3.05) is 0 Å². The van der Waals surface area contributed by atoms with E-state index in [1.807, 2.05) is 18.2 Å². The third kappa shape index (κ3) is 2.49. The van der Waals surface area contributed by atoms with Crippen LogP contribution in [0.1, 0.15) is 17.5 Å². The van der Waals surface area contributed by atoms with Gasteiger partial charge in [0.15, 0.2) is 0 Å². The normalized spacial score (nSPS) is 22.6. The summed E-state index contributed by atoms with van der Waals surface area (Å²) in [4.78, 5) is 22.2. The molecule has 0 spiro atoms. The monoisotopic (exact) mass is 296 g/mol. The van der Waals surface area contributed by atoms with Gasteiger partial charge in [0.1, 0.15) is 11.8 Å². The molecule has 3 N–H and O–H groups in total. The van der Waals surface area contributed by atoms with Gasteiger partial charge in [0, 0.05) is 10.9 Å². The van der Waals surface area contributed by atoms with Gasteiger partial charge < -0.3 is 15.8 Å². The fourth-order valence-electron chi connectivity index (χ4n) is 2.27. The number of rotatable bonds is 2. The van der Waals surface area contributed by atoms with Crippen molar-refractivity contribution in [2.24, 2.45) is 5.73 Å². The minimum absolute atomic E-state index is 0.502. The maximum atomic E-state index is 11.2. The lowest BCUT2D eigenvalue weighted by Crippen LogP contribution is -2.55. The summed E-state index contributed by atoms with van der Waals surface area (Å²) < 4.78 is 1.03. The molecule has 1 atom stereocenters. The number of fused-ring (bicyclic) bond motifs is 1. The summed E-state index contributed by atoms with van der Waals surface area (Å²) in [6.07, 6.45) is 2.64. The number of aldehydes is 1. The first-order valence-corrected chi connectivity index (χ1v) is 6.15. The molecule has 4 nitrogen and oxygen atoms in total. The van der Waals surface area contributed by atoms with Gasteiger partial charge in [-0.3, -0.25) is 0 Å². The zero-order valence-corrected chi connectivity index (χ0v) is 10.8. The summed E-state index contributed by atoms with van der Waals surface area (Å²) in [6.45, 7) is 0. The number of primary amides is 1. The summed E-state index contributed by atoms with van der Waals surface area (Å²) >= 11 is 3.42. The molecular formula is C12H13BrN2O2. The Morgan fingerprint density at radius 2 is 2.24 bits per heavy atom. The van der Waals surface area contributed by atoms with Gasteiger partial charge in [-0.25, -0.2) is 4.79 Å². The molecule has 0 aliphatic heterocycles. The minimum atomic E-state index is -0.841. The molecule has 5 heteroatoms. The number of aryl methyl sites for hydroxylation is 1. The van der Waals surface area contributed by atoms with Crippen LogP contribution in [-0.2, 0) is 17.6 Å². The molecule has 1 aliphatic carbocycles. The standard InChI is InChI=1S/C12H13BrN2O2/c13-10-2-1-9-6-12(7-16,15-11(14)17)4-3-8(9)5-10/h1-2,5,7H,3-4,6H2,(H3,14,15,17). The molecule has 0 bridgehead atoms. The van der Waals surface area contributed by atoms with Gasteiger partial charge in [-0.15, -0.1) is 0 Å². The van der Waals surface area contributed by atoms with Gasteiger partial charge in [-0.05, 0) is 36.1 Å². The van der Waals surface area contributed by atoms with Crippen molar-refractivity contribution in [3.8, 4) is 0 Å². The molecule has 0 aromatic heterocycles. The Morgan fingerprint density at radius 3 is 2.88 bits per heavy atom. The number of halogens is 1. The van der Waals surface area contributed by atoms with Crippen LogP contribution in [0.15, 0.2) is 22.7 Å². The van der Waals surface area contributed by atoms with E-state index >= 15 is 0 Å². The van der Waals surface area contributed by atoms with Crippen LogP contribution in [0.2, 0.25) is 0 Å². The van der Waals surface area contributed by atoms with Gasteiger partial charge in [0.2, 0.25) is 0 Å². The van der Waals surface area contributed by atoms with Crippen molar-refractivity contribution < 1.29 is 9.59 Å². The SMILES string of the molecule is NC(=O)NC1(C=O)CCc2cc(Br)ccc2C1. The van der Waals surface area contributed by atoms with Crippen LogP contribution in [0.25, 0.3) is 0 Å². The van der Waals surface area contributed by atoms with E-state index in [0.29, 0.717) is 12.8 Å². The molecule has 0 fully saturated rings. The van der Waals surface area contributed by atoms with E-state index in [1.54, 1.807) is 0 Å². The third-order valence-electron chi connectivity index (χ3n) is 3.11. The Bertz CT molecular complexity index is 476. The molecule has 1 unspecified atom stereocenters. The number of nitrogens with two attached hydrogens (primary N) is 1. The van der Waals surface area contributed by atoms with Crippen LogP contribution in [0.5, 0.6) is 0 Å². The third-order valence-corrected chi connectivity index (χ3v) is 3.61. The summed E-state index contributed by atoms with van der Waals surface area (Å²) in [5.74, 6) is 0. The lowest BCUT2D eigenvalue weighted by Gasteiger charge is -2.33. The molecule has 1 aromatic rings. The molecule has 0 saturated carbocycles. The highest BCUT2D eigenvalue weighted by molar-refractivity contribution is 9.10. The molecule has 17 heavy (non-hydrogen) atoms. The van der Waals surface area contributed by atoms with Crippen LogP contribution in [-0.4, -0.2) is 17.9 Å². The number of carbonyl (C=O) groups is 2. The fraction of sp³-hybridized carbons (Fsp3) is 0.333. The second-order valence-electron chi connectivity index (χ2n) is 4.35. The average Bonchev–Trinajstić information content (AvgIpc) is 2.29. The van der Waals surface area contributed by atoms with Crippen molar-refractivity contribution in [2.45, 2.75) is 24.8 Å². The van der Waals surface area contributed by atoms with E-state index < -0.39 is 11.6 Å². The van der Waals surface area contributed by atoms with Crippen LogP contribution in [0.3, 0.4) is 0 Å². The zero-order valence-electron chi connectivity index (χ0n) is 9.20. The minimum Gasteiger partial charge on any atom is -0.352 e. The first-order valence-electron chi connectivity index (χ1n) is 5.36. The lowest BCUT2D eigenvalue weighted by molar-refractivity contribution is -0.113. The number of hydrogen-bond donors (Lipinski definition) is 2. The Balaban J connectivity index is 2.30. The lowest BCUT2D eigenvalue weighted by atomic mass is 9.79. The van der Waals surface area contributed by atoms with Crippen LogP contribution in [0.4, 0.5) is 4.79 Å². The van der Waals surface area contributed by atoms with Gasteiger partial charge >= 0.3 is 6.03 Å². The molecule has 0 saturated heterocycles. The first kappa shape index (κ1) is 12.1. The van der Waals surface area contributed by atoms with E-state index in [-0.39, 0.29) is 0 Å². The summed E-state index contributed by atoms with van der Waals surface area (Å²) in [7, 11) is 0. The molecule has 0 heterocycles. The zero-order chi connectivity index (χ0) is 12.5. The van der Waals surface area contributed by atoms with E-state index in [0.717, 1.165) is 22.7 Å². The van der Waals surface area contributed by atoms with Crippen LogP contribution < -0.4 is 11.1 Å². The van der Waals surface area contributed by atoms with Crippen molar-refractivity contribution in [1.82, 2.24) is 5.32 Å². The second kappa shape index (κ2) is 4.49. The Kier molecular flexibility index (Phi) is 3.19. The van der Waals surface area contributed by atoms with E-state index in [9.17, 15) is 9.59 Å². The highest BCUT2D eigenvalue weighted by Gasteiger charge is 2.35. The van der Waals surface area contributed by atoms with Gasteiger partial charge in [0.05, 0.1) is 0 Å². The molecule has 90 valence electrons. The van der Waals surface area contributed by atoms with Crippen molar-refractivity contribution in [3.63, 3.8) is 0 Å². The highest BCUT2D eigenvalue weighted by atomic mass is 79.9. The predicted octanol–water partition coefficient (Wildman–Crippen LogP) is 1.54. The van der Waals surface area contributed by atoms with Crippen LogP contribution in [0, 0.1) is 0 Å². The highest BCUT2D eigenvalue weighted by Crippen LogP contribution is 2.29. The number of hydrogen-bond acceptors (Lipinski definition) is 2. The van der Waals surface area contributed by atoms with E-state index in [2.05, 4.69) is 21.2 Å². The number of amides is 2. The molecule has 2 rings (SSSR count). The smallest absolute Gasteiger partial charge is 0.312 e. The van der Waals surface area contributed by atoms with Gasteiger partial charge in [-0.2, -0.15) is 0 Å². The van der Waals surface area contributed by atoms with Gasteiger partial charge in [-0.1, -0.05) is 22.0 Å².